The van der Waals surface area contributed by atoms with Gasteiger partial charge in [-0.25, -0.2) is 0 Å². The number of amides is 1. The average Bonchev–Trinajstić information content (AvgIpc) is 3.06. The number of hydrogen-bond donors (Lipinski definition) is 0. The normalized spacial score (nSPS) is 21.4. The number of hydrogen-bond acceptors (Lipinski definition) is 2. The third-order valence-electron chi connectivity index (χ3n) is 4.51. The lowest BCUT2D eigenvalue weighted by atomic mass is 10.0. The molecule has 0 N–H and O–H groups in total. The van der Waals surface area contributed by atoms with Gasteiger partial charge < -0.3 is 9.47 Å². The fraction of sp³-hybridized carbons (Fsp3) is 0.438. The molecule has 0 aromatic carbocycles. The quantitative estimate of drug-likeness (QED) is 0.774. The molecule has 3 heterocycles. The van der Waals surface area contributed by atoms with Crippen LogP contribution < -0.4 is 0 Å². The lowest BCUT2D eigenvalue weighted by Crippen LogP contribution is -2.39. The number of halogens is 1. The molecule has 0 bridgehead atoms. The van der Waals surface area contributed by atoms with Crippen LogP contribution in [0.25, 0.3) is 0 Å². The lowest BCUT2D eigenvalue weighted by molar-refractivity contribution is 0.0668. The van der Waals surface area contributed by atoms with E-state index in [-0.39, 0.29) is 11.9 Å². The zero-order chi connectivity index (χ0) is 14.6. The molecule has 21 heavy (non-hydrogen) atoms. The summed E-state index contributed by atoms with van der Waals surface area (Å²) in [6.45, 7) is 2.96. The molecule has 0 radical (unpaired) electrons. The monoisotopic (exact) mass is 364 g/mol. The van der Waals surface area contributed by atoms with Crippen LogP contribution in [0.5, 0.6) is 0 Å². The van der Waals surface area contributed by atoms with Crippen LogP contribution in [0.4, 0.5) is 0 Å². The molecule has 2 aromatic rings. The van der Waals surface area contributed by atoms with Crippen molar-refractivity contribution in [1.82, 2.24) is 9.47 Å². The van der Waals surface area contributed by atoms with E-state index in [1.165, 1.54) is 23.3 Å². The minimum absolute atomic E-state index is 0.164. The fourth-order valence-corrected chi connectivity index (χ4v) is 4.61. The molecule has 3 nitrogen and oxygen atoms in total. The highest BCUT2D eigenvalue weighted by molar-refractivity contribution is 9.10. The molecule has 2 aromatic heterocycles. The Labute approximate surface area is 136 Å². The van der Waals surface area contributed by atoms with Gasteiger partial charge in [-0.1, -0.05) is 0 Å². The third kappa shape index (κ3) is 2.27. The lowest BCUT2D eigenvalue weighted by Gasteiger charge is -2.33. The topological polar surface area (TPSA) is 25.2 Å². The van der Waals surface area contributed by atoms with Gasteiger partial charge in [0.15, 0.2) is 0 Å². The minimum atomic E-state index is 0.164. The number of thiophene rings is 1. The molecule has 5 heteroatoms. The van der Waals surface area contributed by atoms with Gasteiger partial charge in [-0.05, 0) is 65.2 Å². The Morgan fingerprint density at radius 2 is 2.24 bits per heavy atom. The van der Waals surface area contributed by atoms with Gasteiger partial charge in [0.25, 0.3) is 5.91 Å². The van der Waals surface area contributed by atoms with Crippen LogP contribution in [0.2, 0.25) is 0 Å². The summed E-state index contributed by atoms with van der Waals surface area (Å²) in [4.78, 5) is 16.5. The van der Waals surface area contributed by atoms with Gasteiger partial charge in [0.1, 0.15) is 5.69 Å². The Hall–Kier alpha value is -1.07. The van der Waals surface area contributed by atoms with E-state index in [1.54, 1.807) is 0 Å². The summed E-state index contributed by atoms with van der Waals surface area (Å²) in [5.41, 5.74) is 2.15. The van der Waals surface area contributed by atoms with E-state index in [2.05, 4.69) is 45.1 Å². The van der Waals surface area contributed by atoms with Crippen molar-refractivity contribution >= 4 is 33.2 Å². The zero-order valence-corrected chi connectivity index (χ0v) is 14.3. The van der Waals surface area contributed by atoms with Crippen molar-refractivity contribution in [3.8, 4) is 0 Å². The number of aromatic nitrogens is 1. The van der Waals surface area contributed by atoms with Crippen LogP contribution in [0.15, 0.2) is 28.2 Å². The molecule has 1 atom stereocenters. The van der Waals surface area contributed by atoms with Crippen molar-refractivity contribution < 1.29 is 4.79 Å². The van der Waals surface area contributed by atoms with E-state index in [0.717, 1.165) is 23.1 Å². The van der Waals surface area contributed by atoms with Gasteiger partial charge in [-0.2, -0.15) is 0 Å². The first-order valence-corrected chi connectivity index (χ1v) is 9.07. The molecule has 1 aliphatic carbocycles. The van der Waals surface area contributed by atoms with Crippen LogP contribution in [0, 0.1) is 0 Å². The third-order valence-corrected chi connectivity index (χ3v) is 5.94. The van der Waals surface area contributed by atoms with Crippen molar-refractivity contribution in [2.45, 2.75) is 38.3 Å². The van der Waals surface area contributed by atoms with E-state index in [0.29, 0.717) is 6.04 Å². The molecule has 1 fully saturated rings. The Morgan fingerprint density at radius 3 is 3.00 bits per heavy atom. The predicted molar refractivity (Wildman–Crippen MR) is 87.9 cm³/mol. The molecular formula is C16H17BrN2OS. The smallest absolute Gasteiger partial charge is 0.271 e. The Balaban J connectivity index is 1.66. The Bertz CT molecular complexity index is 701. The van der Waals surface area contributed by atoms with Crippen molar-refractivity contribution in [1.29, 1.82) is 0 Å². The number of carbonyl (C=O) groups excluding carboxylic acids is 1. The summed E-state index contributed by atoms with van der Waals surface area (Å²) in [5.74, 6) is 0.164. The van der Waals surface area contributed by atoms with Gasteiger partial charge in [0.05, 0.1) is 6.04 Å². The van der Waals surface area contributed by atoms with Gasteiger partial charge in [-0.3, -0.25) is 4.79 Å². The van der Waals surface area contributed by atoms with Crippen LogP contribution in [0.1, 0.15) is 52.8 Å². The van der Waals surface area contributed by atoms with E-state index in [4.69, 9.17) is 0 Å². The zero-order valence-electron chi connectivity index (χ0n) is 11.9. The highest BCUT2D eigenvalue weighted by atomic mass is 79.9. The molecule has 0 saturated heterocycles. The van der Waals surface area contributed by atoms with Crippen molar-refractivity contribution in [3.63, 3.8) is 0 Å². The Kier molecular flexibility index (Phi) is 3.23. The number of nitrogens with zero attached hydrogens (tertiary/aromatic N) is 2. The second kappa shape index (κ2) is 4.99. The standard InChI is InChI=1S/C16H17BrN2OS/c1-10-13-5-7-21-15(13)4-6-18(10)16(20)14-8-11(17)9-19(14)12-2-3-12/h5,7-10,12H,2-4,6H2,1H3. The summed E-state index contributed by atoms with van der Waals surface area (Å²) in [6, 6.07) is 4.83. The fourth-order valence-electron chi connectivity index (χ4n) is 3.21. The number of carbonyl (C=O) groups is 1. The highest BCUT2D eigenvalue weighted by Gasteiger charge is 2.33. The second-order valence-electron chi connectivity index (χ2n) is 5.91. The predicted octanol–water partition coefficient (Wildman–Crippen LogP) is 4.41. The van der Waals surface area contributed by atoms with E-state index in [1.807, 2.05) is 22.3 Å². The van der Waals surface area contributed by atoms with Crippen molar-refractivity contribution in [2.24, 2.45) is 0 Å². The summed E-state index contributed by atoms with van der Waals surface area (Å²) in [6.07, 6.45) is 5.40. The molecular weight excluding hydrogens is 348 g/mol. The summed E-state index contributed by atoms with van der Waals surface area (Å²) in [5, 5.41) is 2.14. The molecule has 4 rings (SSSR count). The first kappa shape index (κ1) is 13.6. The molecule has 1 amide bonds. The van der Waals surface area contributed by atoms with Gasteiger partial charge >= 0.3 is 0 Å². The minimum Gasteiger partial charge on any atom is -0.339 e. The summed E-state index contributed by atoms with van der Waals surface area (Å²) in [7, 11) is 0. The second-order valence-corrected chi connectivity index (χ2v) is 7.82. The van der Waals surface area contributed by atoms with Crippen molar-refractivity contribution in [3.05, 3.63) is 44.3 Å². The Morgan fingerprint density at radius 1 is 1.43 bits per heavy atom. The van der Waals surface area contributed by atoms with Gasteiger partial charge in [-0.15, -0.1) is 11.3 Å². The first-order valence-electron chi connectivity index (χ1n) is 7.40. The van der Waals surface area contributed by atoms with Crippen LogP contribution in [0.3, 0.4) is 0 Å². The van der Waals surface area contributed by atoms with Crippen LogP contribution >= 0.6 is 27.3 Å². The maximum absolute atomic E-state index is 13.0. The van der Waals surface area contributed by atoms with E-state index >= 15 is 0 Å². The maximum Gasteiger partial charge on any atom is 0.271 e. The summed E-state index contributed by atoms with van der Waals surface area (Å²) < 4.78 is 3.15. The number of fused-ring (bicyclic) bond motifs is 1. The average molecular weight is 365 g/mol. The SMILES string of the molecule is CC1c2ccsc2CCN1C(=O)c1cc(Br)cn1C1CC1. The summed E-state index contributed by atoms with van der Waals surface area (Å²) >= 11 is 5.33. The maximum atomic E-state index is 13.0. The molecule has 110 valence electrons. The largest absolute Gasteiger partial charge is 0.339 e. The first-order chi connectivity index (χ1) is 10.1. The van der Waals surface area contributed by atoms with Crippen LogP contribution in [-0.4, -0.2) is 21.9 Å². The molecule has 1 aliphatic heterocycles. The van der Waals surface area contributed by atoms with Gasteiger partial charge in [0.2, 0.25) is 0 Å². The molecule has 1 unspecified atom stereocenters. The van der Waals surface area contributed by atoms with E-state index < -0.39 is 0 Å². The highest BCUT2D eigenvalue weighted by Crippen LogP contribution is 2.39. The van der Waals surface area contributed by atoms with Crippen molar-refractivity contribution in [2.75, 3.05) is 6.54 Å². The molecule has 0 spiro atoms. The number of rotatable bonds is 2. The molecule has 2 aliphatic rings. The van der Waals surface area contributed by atoms with E-state index in [9.17, 15) is 4.79 Å². The molecule has 1 saturated carbocycles. The van der Waals surface area contributed by atoms with Crippen LogP contribution in [-0.2, 0) is 6.42 Å². The van der Waals surface area contributed by atoms with Gasteiger partial charge in [0, 0.05) is 28.1 Å².